The Morgan fingerprint density at radius 3 is 2.70 bits per heavy atom. The average Bonchev–Trinajstić information content (AvgIpc) is 2.59. The Morgan fingerprint density at radius 2 is 2.04 bits per heavy atom. The van der Waals surface area contributed by atoms with Gasteiger partial charge in [0.1, 0.15) is 0 Å². The molecule has 1 atom stereocenters. The minimum absolute atomic E-state index is 0.0391. The van der Waals surface area contributed by atoms with Gasteiger partial charge in [0.2, 0.25) is 5.91 Å². The lowest BCUT2D eigenvalue weighted by atomic mass is 10.1. The maximum atomic E-state index is 12.3. The standard InChI is InChI=1S/C16H21NO6/c1-21-13-5-3-11(9-14(13)22-2)4-6-15(18)17-7-8-23-10-12(17)16(19)20/h3,5,9,12H,4,6-8,10H2,1-2H3,(H,19,20)/t12-/m1/s1. The van der Waals surface area contributed by atoms with Crippen molar-refractivity contribution in [2.24, 2.45) is 0 Å². The lowest BCUT2D eigenvalue weighted by Gasteiger charge is -2.32. The Bertz CT molecular complexity index is 574. The molecule has 0 saturated carbocycles. The normalized spacial score (nSPS) is 17.7. The number of rotatable bonds is 6. The number of carboxylic acid groups (broad SMARTS) is 1. The van der Waals surface area contributed by atoms with Crippen molar-refractivity contribution in [2.45, 2.75) is 18.9 Å². The lowest BCUT2D eigenvalue weighted by Crippen LogP contribution is -2.52. The van der Waals surface area contributed by atoms with Crippen LogP contribution >= 0.6 is 0 Å². The van der Waals surface area contributed by atoms with Crippen molar-refractivity contribution in [2.75, 3.05) is 34.0 Å². The number of aryl methyl sites for hydroxylation is 1. The maximum absolute atomic E-state index is 12.3. The molecule has 1 amide bonds. The molecule has 0 aliphatic carbocycles. The zero-order chi connectivity index (χ0) is 16.8. The molecule has 1 saturated heterocycles. The number of morpholine rings is 1. The zero-order valence-electron chi connectivity index (χ0n) is 13.3. The number of methoxy groups -OCH3 is 2. The van der Waals surface area contributed by atoms with Crippen LogP contribution in [0.2, 0.25) is 0 Å². The minimum Gasteiger partial charge on any atom is -0.493 e. The summed E-state index contributed by atoms with van der Waals surface area (Å²) in [6, 6.07) is 4.57. The molecule has 1 fully saturated rings. The van der Waals surface area contributed by atoms with Gasteiger partial charge in [-0.2, -0.15) is 0 Å². The summed E-state index contributed by atoms with van der Waals surface area (Å²) in [4.78, 5) is 24.9. The second-order valence-corrected chi connectivity index (χ2v) is 5.21. The third-order valence-electron chi connectivity index (χ3n) is 3.81. The van der Waals surface area contributed by atoms with Gasteiger partial charge in [-0.1, -0.05) is 6.07 Å². The average molecular weight is 323 g/mol. The number of aliphatic carboxylic acids is 1. The lowest BCUT2D eigenvalue weighted by molar-refractivity contribution is -0.158. The van der Waals surface area contributed by atoms with Crippen LogP contribution in [0.3, 0.4) is 0 Å². The highest BCUT2D eigenvalue weighted by atomic mass is 16.5. The van der Waals surface area contributed by atoms with E-state index in [2.05, 4.69) is 0 Å². The van der Waals surface area contributed by atoms with E-state index in [0.29, 0.717) is 31.1 Å². The Morgan fingerprint density at radius 1 is 1.30 bits per heavy atom. The van der Waals surface area contributed by atoms with E-state index in [1.165, 1.54) is 4.90 Å². The Kier molecular flexibility index (Phi) is 5.81. The first-order valence-electron chi connectivity index (χ1n) is 7.37. The summed E-state index contributed by atoms with van der Waals surface area (Å²) < 4.78 is 15.5. The van der Waals surface area contributed by atoms with E-state index in [1.54, 1.807) is 20.3 Å². The third-order valence-corrected chi connectivity index (χ3v) is 3.81. The van der Waals surface area contributed by atoms with Crippen molar-refractivity contribution >= 4 is 11.9 Å². The number of nitrogens with zero attached hydrogens (tertiary/aromatic N) is 1. The Labute approximate surface area is 134 Å². The van der Waals surface area contributed by atoms with Gasteiger partial charge in [0.15, 0.2) is 17.5 Å². The summed E-state index contributed by atoms with van der Waals surface area (Å²) in [5.74, 6) is 0.00795. The fourth-order valence-corrected chi connectivity index (χ4v) is 2.54. The summed E-state index contributed by atoms with van der Waals surface area (Å²) >= 11 is 0. The van der Waals surface area contributed by atoms with Crippen LogP contribution in [0.5, 0.6) is 11.5 Å². The Hall–Kier alpha value is -2.28. The predicted molar refractivity (Wildman–Crippen MR) is 81.8 cm³/mol. The van der Waals surface area contributed by atoms with Crippen LogP contribution < -0.4 is 9.47 Å². The molecule has 0 spiro atoms. The van der Waals surface area contributed by atoms with Gasteiger partial charge in [-0.05, 0) is 24.1 Å². The SMILES string of the molecule is COc1ccc(CCC(=O)N2CCOC[C@@H]2C(=O)O)cc1OC. The molecule has 1 aromatic rings. The van der Waals surface area contributed by atoms with E-state index >= 15 is 0 Å². The molecular weight excluding hydrogens is 302 g/mol. The van der Waals surface area contributed by atoms with Gasteiger partial charge in [0.05, 0.1) is 27.4 Å². The molecule has 1 heterocycles. The topological polar surface area (TPSA) is 85.3 Å². The van der Waals surface area contributed by atoms with Crippen LogP contribution in [0, 0.1) is 0 Å². The molecule has 1 aliphatic heterocycles. The van der Waals surface area contributed by atoms with Crippen molar-refractivity contribution < 1.29 is 28.9 Å². The van der Waals surface area contributed by atoms with Crippen LogP contribution in [-0.2, 0) is 20.7 Å². The van der Waals surface area contributed by atoms with Crippen LogP contribution in [-0.4, -0.2) is 61.9 Å². The molecule has 1 aromatic carbocycles. The predicted octanol–water partition coefficient (Wildman–Crippen LogP) is 0.948. The van der Waals surface area contributed by atoms with Gasteiger partial charge in [0, 0.05) is 13.0 Å². The molecule has 0 radical (unpaired) electrons. The van der Waals surface area contributed by atoms with Crippen molar-refractivity contribution in [1.82, 2.24) is 4.90 Å². The number of carboxylic acids is 1. The van der Waals surface area contributed by atoms with E-state index in [1.807, 2.05) is 12.1 Å². The number of amides is 1. The summed E-state index contributed by atoms with van der Waals surface area (Å²) in [6.45, 7) is 0.713. The number of hydrogen-bond acceptors (Lipinski definition) is 5. The fourth-order valence-electron chi connectivity index (χ4n) is 2.54. The minimum atomic E-state index is -1.04. The molecule has 0 bridgehead atoms. The van der Waals surface area contributed by atoms with Gasteiger partial charge < -0.3 is 24.2 Å². The monoisotopic (exact) mass is 323 g/mol. The smallest absolute Gasteiger partial charge is 0.328 e. The van der Waals surface area contributed by atoms with Gasteiger partial charge in [0.25, 0.3) is 0 Å². The summed E-state index contributed by atoms with van der Waals surface area (Å²) in [5.41, 5.74) is 0.927. The Balaban J connectivity index is 1.99. The third kappa shape index (κ3) is 4.13. The molecule has 126 valence electrons. The molecule has 7 nitrogen and oxygen atoms in total. The highest BCUT2D eigenvalue weighted by Gasteiger charge is 2.32. The van der Waals surface area contributed by atoms with Crippen LogP contribution in [0.4, 0.5) is 0 Å². The van der Waals surface area contributed by atoms with Gasteiger partial charge in [-0.15, -0.1) is 0 Å². The molecule has 0 unspecified atom stereocenters. The number of carbonyl (C=O) groups is 2. The molecule has 23 heavy (non-hydrogen) atoms. The largest absolute Gasteiger partial charge is 0.493 e. The highest BCUT2D eigenvalue weighted by Crippen LogP contribution is 2.28. The van der Waals surface area contributed by atoms with E-state index in [0.717, 1.165) is 5.56 Å². The molecule has 1 aliphatic rings. The summed E-state index contributed by atoms with van der Waals surface area (Å²) in [6.07, 6.45) is 0.738. The van der Waals surface area contributed by atoms with E-state index in [9.17, 15) is 9.59 Å². The summed E-state index contributed by atoms with van der Waals surface area (Å²) in [7, 11) is 3.11. The number of hydrogen-bond donors (Lipinski definition) is 1. The quantitative estimate of drug-likeness (QED) is 0.839. The van der Waals surface area contributed by atoms with Crippen LogP contribution in [0.15, 0.2) is 18.2 Å². The molecular formula is C16H21NO6. The number of carbonyl (C=O) groups excluding carboxylic acids is 1. The molecule has 0 aromatic heterocycles. The zero-order valence-corrected chi connectivity index (χ0v) is 13.3. The van der Waals surface area contributed by atoms with Gasteiger partial charge in [-0.25, -0.2) is 4.79 Å². The highest BCUT2D eigenvalue weighted by molar-refractivity contribution is 5.84. The van der Waals surface area contributed by atoms with E-state index in [4.69, 9.17) is 19.3 Å². The van der Waals surface area contributed by atoms with Gasteiger partial charge in [-0.3, -0.25) is 4.79 Å². The van der Waals surface area contributed by atoms with Crippen LogP contribution in [0.1, 0.15) is 12.0 Å². The first-order valence-corrected chi connectivity index (χ1v) is 7.37. The van der Waals surface area contributed by atoms with Crippen molar-refractivity contribution in [3.05, 3.63) is 23.8 Å². The summed E-state index contributed by atoms with van der Waals surface area (Å²) in [5, 5.41) is 9.16. The van der Waals surface area contributed by atoms with Crippen LogP contribution in [0.25, 0.3) is 0 Å². The van der Waals surface area contributed by atoms with Gasteiger partial charge >= 0.3 is 5.97 Å². The first-order chi connectivity index (χ1) is 11.1. The first kappa shape index (κ1) is 17.1. The number of benzene rings is 1. The second kappa shape index (κ2) is 7.82. The van der Waals surface area contributed by atoms with Crippen molar-refractivity contribution in [1.29, 1.82) is 0 Å². The van der Waals surface area contributed by atoms with E-state index < -0.39 is 12.0 Å². The van der Waals surface area contributed by atoms with Crippen molar-refractivity contribution in [3.63, 3.8) is 0 Å². The number of ether oxygens (including phenoxy) is 3. The second-order valence-electron chi connectivity index (χ2n) is 5.21. The van der Waals surface area contributed by atoms with E-state index in [-0.39, 0.29) is 18.9 Å². The molecule has 2 rings (SSSR count). The molecule has 1 N–H and O–H groups in total. The molecule has 7 heteroatoms. The maximum Gasteiger partial charge on any atom is 0.328 e. The van der Waals surface area contributed by atoms with Crippen molar-refractivity contribution in [3.8, 4) is 11.5 Å². The fraction of sp³-hybridized carbons (Fsp3) is 0.500.